The first-order valence-corrected chi connectivity index (χ1v) is 6.93. The molecule has 0 fully saturated rings. The Hall–Kier alpha value is -3.67. The second-order valence-electron chi connectivity index (χ2n) is 4.66. The van der Waals surface area contributed by atoms with Crippen LogP contribution in [0.15, 0.2) is 35.7 Å². The molecule has 1 aromatic carbocycles. The maximum Gasteiger partial charge on any atom is 0.282 e. The molecular formula is C15H15N7O2. The summed E-state index contributed by atoms with van der Waals surface area (Å²) in [5, 5.41) is 17.6. The molecule has 9 nitrogen and oxygen atoms in total. The number of nitriles is 1. The van der Waals surface area contributed by atoms with E-state index < -0.39 is 11.8 Å². The van der Waals surface area contributed by atoms with E-state index in [1.807, 2.05) is 25.1 Å². The van der Waals surface area contributed by atoms with Gasteiger partial charge in [-0.3, -0.25) is 15.0 Å². The molecule has 0 unspecified atom stereocenters. The van der Waals surface area contributed by atoms with Gasteiger partial charge in [0.25, 0.3) is 11.8 Å². The molecule has 0 atom stereocenters. The van der Waals surface area contributed by atoms with Gasteiger partial charge in [0.1, 0.15) is 6.07 Å². The Morgan fingerprint density at radius 1 is 1.33 bits per heavy atom. The van der Waals surface area contributed by atoms with Crippen molar-refractivity contribution in [3.63, 3.8) is 0 Å². The second-order valence-corrected chi connectivity index (χ2v) is 4.66. The number of hydrazone groups is 1. The van der Waals surface area contributed by atoms with Crippen molar-refractivity contribution in [2.24, 2.45) is 5.10 Å². The van der Waals surface area contributed by atoms with Crippen molar-refractivity contribution < 1.29 is 9.59 Å². The van der Waals surface area contributed by atoms with Crippen molar-refractivity contribution in [2.75, 3.05) is 17.8 Å². The Bertz CT molecular complexity index is 832. The third-order valence-electron chi connectivity index (χ3n) is 3.08. The number of H-pyrrole nitrogens is 1. The molecule has 2 rings (SSSR count). The number of carbonyl (C=O) groups excluding carboxylic acids is 2. The molecule has 9 heteroatoms. The standard InChI is InChI=1S/C15H15N7O2/c1-9-5-3-4-6-10(9)20-15(24)12-13(19-8-18-12)22-21-11(7-16)14(23)17-2/h3-6,8,22H,1-2H3,(H,17,23)(H,18,19)(H,20,24)/b21-11+. The molecule has 0 saturated carbocycles. The summed E-state index contributed by atoms with van der Waals surface area (Å²) in [5.41, 5.74) is 3.75. The predicted molar refractivity (Wildman–Crippen MR) is 88.5 cm³/mol. The summed E-state index contributed by atoms with van der Waals surface area (Å²) >= 11 is 0. The molecule has 24 heavy (non-hydrogen) atoms. The van der Waals surface area contributed by atoms with E-state index in [4.69, 9.17) is 5.26 Å². The molecule has 1 heterocycles. The fourth-order valence-electron chi connectivity index (χ4n) is 1.80. The van der Waals surface area contributed by atoms with Crippen molar-refractivity contribution in [3.05, 3.63) is 41.9 Å². The number of imidazole rings is 1. The van der Waals surface area contributed by atoms with Crippen LogP contribution in [0.2, 0.25) is 0 Å². The van der Waals surface area contributed by atoms with Gasteiger partial charge in [-0.25, -0.2) is 4.98 Å². The van der Waals surface area contributed by atoms with E-state index in [0.717, 1.165) is 5.56 Å². The number of nitrogens with one attached hydrogen (secondary N) is 4. The number of aromatic amines is 1. The molecule has 2 aromatic rings. The van der Waals surface area contributed by atoms with Crippen molar-refractivity contribution in [3.8, 4) is 6.07 Å². The highest BCUT2D eigenvalue weighted by atomic mass is 16.2. The van der Waals surface area contributed by atoms with Gasteiger partial charge in [-0.05, 0) is 18.6 Å². The number of aromatic nitrogens is 2. The van der Waals surface area contributed by atoms with E-state index in [2.05, 4.69) is 31.1 Å². The van der Waals surface area contributed by atoms with E-state index in [1.54, 1.807) is 12.1 Å². The van der Waals surface area contributed by atoms with Crippen LogP contribution >= 0.6 is 0 Å². The molecular weight excluding hydrogens is 310 g/mol. The lowest BCUT2D eigenvalue weighted by atomic mass is 10.2. The third-order valence-corrected chi connectivity index (χ3v) is 3.08. The Kier molecular flexibility index (Phi) is 5.25. The van der Waals surface area contributed by atoms with Gasteiger partial charge < -0.3 is 15.6 Å². The predicted octanol–water partition coefficient (Wildman–Crippen LogP) is 1.01. The fourth-order valence-corrected chi connectivity index (χ4v) is 1.80. The number of aryl methyl sites for hydroxylation is 1. The average molecular weight is 325 g/mol. The van der Waals surface area contributed by atoms with E-state index in [0.29, 0.717) is 5.69 Å². The van der Waals surface area contributed by atoms with Crippen LogP contribution in [0.1, 0.15) is 16.1 Å². The quantitative estimate of drug-likeness (QED) is 0.480. The molecule has 122 valence electrons. The Morgan fingerprint density at radius 3 is 2.75 bits per heavy atom. The Labute approximate surface area is 137 Å². The minimum absolute atomic E-state index is 0.0951. The summed E-state index contributed by atoms with van der Waals surface area (Å²) in [6.45, 7) is 1.87. The molecule has 4 N–H and O–H groups in total. The highest BCUT2D eigenvalue weighted by molar-refractivity contribution is 6.45. The van der Waals surface area contributed by atoms with Crippen molar-refractivity contribution in [2.45, 2.75) is 6.92 Å². The van der Waals surface area contributed by atoms with Gasteiger partial charge in [0.15, 0.2) is 11.5 Å². The van der Waals surface area contributed by atoms with Gasteiger partial charge in [-0.2, -0.15) is 10.4 Å². The van der Waals surface area contributed by atoms with E-state index in [-0.39, 0.29) is 17.2 Å². The second kappa shape index (κ2) is 7.55. The van der Waals surface area contributed by atoms with Crippen LogP contribution < -0.4 is 16.1 Å². The largest absolute Gasteiger partial charge is 0.353 e. The highest BCUT2D eigenvalue weighted by Gasteiger charge is 2.16. The number of hydrogen-bond donors (Lipinski definition) is 4. The number of rotatable bonds is 5. The summed E-state index contributed by atoms with van der Waals surface area (Å²) < 4.78 is 0. The maximum absolute atomic E-state index is 12.3. The summed E-state index contributed by atoms with van der Waals surface area (Å²) in [7, 11) is 1.38. The zero-order chi connectivity index (χ0) is 17.5. The van der Waals surface area contributed by atoms with Gasteiger partial charge in [-0.1, -0.05) is 18.2 Å². The number of benzene rings is 1. The minimum atomic E-state index is -0.647. The first kappa shape index (κ1) is 16.7. The number of amides is 2. The molecule has 0 radical (unpaired) electrons. The normalized spacial score (nSPS) is 10.6. The average Bonchev–Trinajstić information content (AvgIpc) is 3.05. The van der Waals surface area contributed by atoms with Crippen molar-refractivity contribution >= 4 is 29.0 Å². The van der Waals surface area contributed by atoms with E-state index >= 15 is 0 Å². The van der Waals surface area contributed by atoms with Crippen LogP contribution in [-0.4, -0.2) is 34.5 Å². The number of nitrogens with zero attached hydrogens (tertiary/aromatic N) is 3. The molecule has 0 spiro atoms. The maximum atomic E-state index is 12.3. The van der Waals surface area contributed by atoms with E-state index in [9.17, 15) is 9.59 Å². The summed E-state index contributed by atoms with van der Waals surface area (Å²) in [4.78, 5) is 30.3. The Balaban J connectivity index is 2.17. The topological polar surface area (TPSA) is 135 Å². The number of hydrogen-bond acceptors (Lipinski definition) is 6. The van der Waals surface area contributed by atoms with Gasteiger partial charge in [0, 0.05) is 12.7 Å². The lowest BCUT2D eigenvalue weighted by Crippen LogP contribution is -2.27. The molecule has 0 aliphatic rings. The van der Waals surface area contributed by atoms with Crippen LogP contribution in [-0.2, 0) is 4.79 Å². The van der Waals surface area contributed by atoms with Gasteiger partial charge in [0.2, 0.25) is 5.71 Å². The van der Waals surface area contributed by atoms with Crippen LogP contribution in [0.3, 0.4) is 0 Å². The summed E-state index contributed by atoms with van der Waals surface area (Å²) in [6.07, 6.45) is 1.30. The van der Waals surface area contributed by atoms with Gasteiger partial charge in [-0.15, -0.1) is 0 Å². The monoisotopic (exact) mass is 325 g/mol. The SMILES string of the molecule is CNC(=O)/C(C#N)=N/Nc1nc[nH]c1C(=O)Nc1ccccc1C. The van der Waals surface area contributed by atoms with Crippen LogP contribution in [0.4, 0.5) is 11.5 Å². The number of anilines is 2. The molecule has 2 amide bonds. The lowest BCUT2D eigenvalue weighted by Gasteiger charge is -2.07. The molecule has 0 bridgehead atoms. The van der Waals surface area contributed by atoms with Crippen LogP contribution in [0.25, 0.3) is 0 Å². The van der Waals surface area contributed by atoms with E-state index in [1.165, 1.54) is 13.4 Å². The number of carbonyl (C=O) groups is 2. The number of para-hydroxylation sites is 1. The summed E-state index contributed by atoms with van der Waals surface area (Å²) in [5.74, 6) is -0.984. The zero-order valence-corrected chi connectivity index (χ0v) is 13.0. The van der Waals surface area contributed by atoms with Gasteiger partial charge >= 0.3 is 0 Å². The molecule has 0 aliphatic heterocycles. The minimum Gasteiger partial charge on any atom is -0.353 e. The first-order valence-electron chi connectivity index (χ1n) is 6.93. The molecule has 0 aliphatic carbocycles. The van der Waals surface area contributed by atoms with Crippen molar-refractivity contribution in [1.29, 1.82) is 5.26 Å². The van der Waals surface area contributed by atoms with Crippen LogP contribution in [0.5, 0.6) is 0 Å². The zero-order valence-electron chi connectivity index (χ0n) is 13.0. The van der Waals surface area contributed by atoms with Crippen molar-refractivity contribution in [1.82, 2.24) is 15.3 Å². The smallest absolute Gasteiger partial charge is 0.282 e. The molecule has 0 saturated heterocycles. The lowest BCUT2D eigenvalue weighted by molar-refractivity contribution is -0.114. The molecule has 1 aromatic heterocycles. The Morgan fingerprint density at radius 2 is 2.08 bits per heavy atom. The third kappa shape index (κ3) is 3.75. The highest BCUT2D eigenvalue weighted by Crippen LogP contribution is 2.16. The van der Waals surface area contributed by atoms with Crippen LogP contribution in [0, 0.1) is 18.3 Å². The fraction of sp³-hybridized carbons (Fsp3) is 0.133. The summed E-state index contributed by atoms with van der Waals surface area (Å²) in [6, 6.07) is 8.96. The van der Waals surface area contributed by atoms with Gasteiger partial charge in [0.05, 0.1) is 6.33 Å². The first-order chi connectivity index (χ1) is 11.6.